The number of non-ortho nitro benzene ring substituents is 1. The number of morpholine rings is 1. The number of nitro benzene ring substituents is 1. The first kappa shape index (κ1) is 16.4. The second kappa shape index (κ2) is 6.44. The van der Waals surface area contributed by atoms with E-state index in [1.54, 1.807) is 12.1 Å². The van der Waals surface area contributed by atoms with Crippen molar-refractivity contribution in [3.63, 3.8) is 0 Å². The van der Waals surface area contributed by atoms with Crippen molar-refractivity contribution in [3.8, 4) is 0 Å². The molecule has 6 heteroatoms. The van der Waals surface area contributed by atoms with E-state index in [0.29, 0.717) is 13.2 Å². The summed E-state index contributed by atoms with van der Waals surface area (Å²) < 4.78 is 5.41. The van der Waals surface area contributed by atoms with Gasteiger partial charge in [-0.2, -0.15) is 0 Å². The standard InChI is InChI=1S/C16H23N3O3/c1-12-11-13(19(20)21)5-6-14(12)17-15(16(2,3)4)18-7-9-22-10-8-18/h5-6,11H,7-10H2,1-4H3. The second-order valence-corrected chi connectivity index (χ2v) is 6.51. The highest BCUT2D eigenvalue weighted by atomic mass is 16.6. The summed E-state index contributed by atoms with van der Waals surface area (Å²) in [5.41, 5.74) is 1.58. The van der Waals surface area contributed by atoms with Crippen molar-refractivity contribution in [2.24, 2.45) is 10.4 Å². The van der Waals surface area contributed by atoms with E-state index in [2.05, 4.69) is 25.7 Å². The van der Waals surface area contributed by atoms with Gasteiger partial charge < -0.3 is 9.64 Å². The van der Waals surface area contributed by atoms with Gasteiger partial charge in [0.1, 0.15) is 5.84 Å². The van der Waals surface area contributed by atoms with E-state index >= 15 is 0 Å². The molecule has 0 spiro atoms. The first-order valence-corrected chi connectivity index (χ1v) is 7.46. The van der Waals surface area contributed by atoms with Gasteiger partial charge in [-0.05, 0) is 18.6 Å². The van der Waals surface area contributed by atoms with E-state index < -0.39 is 0 Å². The molecule has 2 rings (SSSR count). The van der Waals surface area contributed by atoms with Gasteiger partial charge in [-0.25, -0.2) is 4.99 Å². The lowest BCUT2D eigenvalue weighted by Gasteiger charge is -2.36. The first-order chi connectivity index (χ1) is 10.3. The number of hydrogen-bond donors (Lipinski definition) is 0. The van der Waals surface area contributed by atoms with Crippen LogP contribution >= 0.6 is 0 Å². The maximum Gasteiger partial charge on any atom is 0.269 e. The van der Waals surface area contributed by atoms with Crippen LogP contribution in [0.3, 0.4) is 0 Å². The molecule has 0 atom stereocenters. The molecule has 1 fully saturated rings. The molecule has 0 radical (unpaired) electrons. The van der Waals surface area contributed by atoms with Crippen molar-refractivity contribution in [1.29, 1.82) is 0 Å². The van der Waals surface area contributed by atoms with Crippen LogP contribution in [0.1, 0.15) is 26.3 Å². The number of aryl methyl sites for hydroxylation is 1. The van der Waals surface area contributed by atoms with Gasteiger partial charge in [0.15, 0.2) is 0 Å². The van der Waals surface area contributed by atoms with Crippen LogP contribution in [-0.2, 0) is 4.74 Å². The lowest BCUT2D eigenvalue weighted by molar-refractivity contribution is -0.384. The van der Waals surface area contributed by atoms with Gasteiger partial charge in [-0.3, -0.25) is 10.1 Å². The fourth-order valence-electron chi connectivity index (χ4n) is 2.48. The average Bonchev–Trinajstić information content (AvgIpc) is 2.45. The van der Waals surface area contributed by atoms with Gasteiger partial charge >= 0.3 is 0 Å². The van der Waals surface area contributed by atoms with Gasteiger partial charge in [0, 0.05) is 30.6 Å². The molecule has 0 N–H and O–H groups in total. The Morgan fingerprint density at radius 3 is 2.45 bits per heavy atom. The molecule has 6 nitrogen and oxygen atoms in total. The van der Waals surface area contributed by atoms with Crippen LogP contribution in [0.2, 0.25) is 0 Å². The molecule has 1 aromatic rings. The van der Waals surface area contributed by atoms with Gasteiger partial charge in [-0.1, -0.05) is 20.8 Å². The molecule has 22 heavy (non-hydrogen) atoms. The minimum Gasteiger partial charge on any atom is -0.378 e. The fourth-order valence-corrected chi connectivity index (χ4v) is 2.48. The molecule has 1 aliphatic rings. The number of amidine groups is 1. The lowest BCUT2D eigenvalue weighted by Crippen LogP contribution is -2.46. The van der Waals surface area contributed by atoms with Crippen molar-refractivity contribution in [3.05, 3.63) is 33.9 Å². The molecule has 120 valence electrons. The number of rotatable bonds is 2. The van der Waals surface area contributed by atoms with E-state index in [4.69, 9.17) is 9.73 Å². The van der Waals surface area contributed by atoms with Crippen LogP contribution in [0.15, 0.2) is 23.2 Å². The lowest BCUT2D eigenvalue weighted by atomic mass is 9.93. The smallest absolute Gasteiger partial charge is 0.269 e. The number of ether oxygens (including phenoxy) is 1. The van der Waals surface area contributed by atoms with Crippen LogP contribution < -0.4 is 0 Å². The summed E-state index contributed by atoms with van der Waals surface area (Å²) in [4.78, 5) is 17.5. The molecule has 0 unspecified atom stereocenters. The predicted molar refractivity (Wildman–Crippen MR) is 86.8 cm³/mol. The minimum absolute atomic E-state index is 0.0973. The molecule has 0 aliphatic carbocycles. The van der Waals surface area contributed by atoms with Crippen LogP contribution in [0, 0.1) is 22.5 Å². The zero-order valence-corrected chi connectivity index (χ0v) is 13.6. The number of nitro groups is 1. The molecular formula is C16H23N3O3. The predicted octanol–water partition coefficient (Wildman–Crippen LogP) is 3.31. The van der Waals surface area contributed by atoms with E-state index in [1.165, 1.54) is 6.07 Å². The molecule has 0 bridgehead atoms. The maximum absolute atomic E-state index is 10.8. The quantitative estimate of drug-likeness (QED) is 0.364. The van der Waals surface area contributed by atoms with Crippen LogP contribution in [0.5, 0.6) is 0 Å². The van der Waals surface area contributed by atoms with Gasteiger partial charge in [0.25, 0.3) is 5.69 Å². The topological polar surface area (TPSA) is 68.0 Å². The van der Waals surface area contributed by atoms with E-state index in [9.17, 15) is 10.1 Å². The number of hydrogen-bond acceptors (Lipinski definition) is 4. The van der Waals surface area contributed by atoms with E-state index in [0.717, 1.165) is 30.2 Å². The Balaban J connectivity index is 2.38. The number of nitrogens with zero attached hydrogens (tertiary/aromatic N) is 3. The Hall–Kier alpha value is -1.95. The zero-order valence-electron chi connectivity index (χ0n) is 13.6. The van der Waals surface area contributed by atoms with E-state index in [-0.39, 0.29) is 16.0 Å². The monoisotopic (exact) mass is 305 g/mol. The highest BCUT2D eigenvalue weighted by Gasteiger charge is 2.26. The molecule has 0 aromatic heterocycles. The zero-order chi connectivity index (χ0) is 16.3. The summed E-state index contributed by atoms with van der Waals surface area (Å²) in [6, 6.07) is 4.80. The third-order valence-corrected chi connectivity index (χ3v) is 3.60. The third-order valence-electron chi connectivity index (χ3n) is 3.60. The van der Waals surface area contributed by atoms with Crippen molar-refractivity contribution in [2.45, 2.75) is 27.7 Å². The van der Waals surface area contributed by atoms with Gasteiger partial charge in [0.05, 0.1) is 23.8 Å². The number of aliphatic imine (C=N–C) groups is 1. The Bertz CT molecular complexity index is 585. The molecule has 0 saturated carbocycles. The molecule has 1 aromatic carbocycles. The highest BCUT2D eigenvalue weighted by Crippen LogP contribution is 2.28. The normalized spacial score (nSPS) is 16.7. The van der Waals surface area contributed by atoms with Crippen LogP contribution in [-0.4, -0.2) is 42.0 Å². The van der Waals surface area contributed by atoms with E-state index in [1.807, 2.05) is 6.92 Å². The van der Waals surface area contributed by atoms with Gasteiger partial charge in [0.2, 0.25) is 0 Å². The Labute approximate surface area is 130 Å². The molecule has 1 aliphatic heterocycles. The molecular weight excluding hydrogens is 282 g/mol. The van der Waals surface area contributed by atoms with Crippen molar-refractivity contribution in [2.75, 3.05) is 26.3 Å². The maximum atomic E-state index is 10.8. The largest absolute Gasteiger partial charge is 0.378 e. The van der Waals surface area contributed by atoms with Crippen molar-refractivity contribution in [1.82, 2.24) is 4.90 Å². The van der Waals surface area contributed by atoms with Crippen LogP contribution in [0.4, 0.5) is 11.4 Å². The summed E-state index contributed by atoms with van der Waals surface area (Å²) in [5, 5.41) is 10.8. The summed E-state index contributed by atoms with van der Waals surface area (Å²) >= 11 is 0. The first-order valence-electron chi connectivity index (χ1n) is 7.46. The third kappa shape index (κ3) is 3.82. The van der Waals surface area contributed by atoms with Crippen LogP contribution in [0.25, 0.3) is 0 Å². The highest BCUT2D eigenvalue weighted by molar-refractivity contribution is 5.90. The molecule has 1 saturated heterocycles. The van der Waals surface area contributed by atoms with Gasteiger partial charge in [-0.15, -0.1) is 0 Å². The Morgan fingerprint density at radius 1 is 1.32 bits per heavy atom. The summed E-state index contributed by atoms with van der Waals surface area (Å²) in [5.74, 6) is 0.993. The molecule has 1 heterocycles. The summed E-state index contributed by atoms with van der Waals surface area (Å²) in [6.07, 6.45) is 0. The molecule has 0 amide bonds. The van der Waals surface area contributed by atoms with Crippen molar-refractivity contribution >= 4 is 17.2 Å². The Kier molecular flexibility index (Phi) is 4.81. The summed E-state index contributed by atoms with van der Waals surface area (Å²) in [6.45, 7) is 11.3. The Morgan fingerprint density at radius 2 is 1.95 bits per heavy atom. The fraction of sp³-hybridized carbons (Fsp3) is 0.562. The minimum atomic E-state index is -0.382. The average molecular weight is 305 g/mol. The SMILES string of the molecule is Cc1cc([N+](=O)[O-])ccc1N=C(N1CCOCC1)C(C)(C)C. The second-order valence-electron chi connectivity index (χ2n) is 6.51. The summed E-state index contributed by atoms with van der Waals surface area (Å²) in [7, 11) is 0. The van der Waals surface area contributed by atoms with Crippen molar-refractivity contribution < 1.29 is 9.66 Å². The number of benzene rings is 1.